The van der Waals surface area contributed by atoms with Crippen LogP contribution in [0.15, 0.2) is 0 Å². The van der Waals surface area contributed by atoms with Crippen molar-refractivity contribution in [2.24, 2.45) is 0 Å². The normalized spacial score (nSPS) is 17.4. The van der Waals surface area contributed by atoms with Crippen molar-refractivity contribution in [3.63, 3.8) is 0 Å². The number of nitrogens with zero attached hydrogens (tertiary/aromatic N) is 1. The Balaban J connectivity index is 2.03. The zero-order valence-corrected chi connectivity index (χ0v) is 13.2. The molecule has 5 heteroatoms. The molecular formula is C14H29N3OS. The van der Waals surface area contributed by atoms with Gasteiger partial charge < -0.3 is 20.3 Å². The first-order valence-electron chi connectivity index (χ1n) is 7.60. The van der Waals surface area contributed by atoms with Crippen LogP contribution in [0.5, 0.6) is 0 Å². The predicted octanol–water partition coefficient (Wildman–Crippen LogP) is 1.75. The number of nitrogens with one attached hydrogen (secondary N) is 2. The molecule has 1 heterocycles. The lowest BCUT2D eigenvalue weighted by molar-refractivity contribution is 0.145. The average Bonchev–Trinajstić information content (AvgIpc) is 2.41. The monoisotopic (exact) mass is 287 g/mol. The van der Waals surface area contributed by atoms with E-state index >= 15 is 0 Å². The molecule has 0 aromatic carbocycles. The lowest BCUT2D eigenvalue weighted by atomic mass is 10.1. The van der Waals surface area contributed by atoms with E-state index in [-0.39, 0.29) is 0 Å². The highest BCUT2D eigenvalue weighted by Crippen LogP contribution is 2.10. The fourth-order valence-electron chi connectivity index (χ4n) is 2.37. The Morgan fingerprint density at radius 3 is 2.68 bits per heavy atom. The predicted molar refractivity (Wildman–Crippen MR) is 84.6 cm³/mol. The quantitative estimate of drug-likeness (QED) is 0.525. The van der Waals surface area contributed by atoms with Gasteiger partial charge >= 0.3 is 0 Å². The van der Waals surface area contributed by atoms with Crippen molar-refractivity contribution in [3.8, 4) is 0 Å². The molecule has 1 aliphatic heterocycles. The zero-order valence-electron chi connectivity index (χ0n) is 12.4. The number of thiocarbonyl (C=S) groups is 1. The molecule has 0 aliphatic carbocycles. The first-order chi connectivity index (χ1) is 9.26. The van der Waals surface area contributed by atoms with Crippen LogP contribution in [0.25, 0.3) is 0 Å². The molecule has 0 amide bonds. The first kappa shape index (κ1) is 16.7. The molecular weight excluding hydrogens is 258 g/mol. The molecule has 0 atom stereocenters. The van der Waals surface area contributed by atoms with Gasteiger partial charge in [-0.15, -0.1) is 0 Å². The summed E-state index contributed by atoms with van der Waals surface area (Å²) < 4.78 is 5.29. The number of likely N-dealkylation sites (tertiary alicyclic amines) is 1. The Bertz CT molecular complexity index is 243. The molecule has 1 saturated heterocycles. The molecule has 112 valence electrons. The molecule has 1 aliphatic rings. The van der Waals surface area contributed by atoms with E-state index in [0.29, 0.717) is 6.04 Å². The minimum Gasteiger partial charge on any atom is -0.382 e. The van der Waals surface area contributed by atoms with E-state index in [2.05, 4.69) is 22.5 Å². The molecule has 0 aromatic rings. The van der Waals surface area contributed by atoms with E-state index in [1.54, 1.807) is 0 Å². The fourth-order valence-corrected chi connectivity index (χ4v) is 2.64. The minimum absolute atomic E-state index is 0.542. The van der Waals surface area contributed by atoms with E-state index in [4.69, 9.17) is 17.0 Å². The number of hydrogen-bond donors (Lipinski definition) is 2. The largest absolute Gasteiger partial charge is 0.382 e. The van der Waals surface area contributed by atoms with E-state index in [1.165, 1.54) is 38.9 Å². The fraction of sp³-hybridized carbons (Fsp3) is 0.929. The Kier molecular flexibility index (Phi) is 9.12. The standard InChI is InChI=1S/C14H29N3OS/c1-3-9-17-10-6-13(7-11-17)16-14(19)15-8-5-12-18-4-2/h13H,3-12H2,1-2H3,(H2,15,16,19). The summed E-state index contributed by atoms with van der Waals surface area (Å²) in [6.45, 7) is 10.4. The van der Waals surface area contributed by atoms with Crippen LogP contribution in [0.1, 0.15) is 39.5 Å². The van der Waals surface area contributed by atoms with Gasteiger partial charge in [0, 0.05) is 38.9 Å². The molecule has 19 heavy (non-hydrogen) atoms. The average molecular weight is 287 g/mol. The first-order valence-corrected chi connectivity index (χ1v) is 8.01. The summed E-state index contributed by atoms with van der Waals surface area (Å²) >= 11 is 5.32. The van der Waals surface area contributed by atoms with Crippen molar-refractivity contribution in [3.05, 3.63) is 0 Å². The lowest BCUT2D eigenvalue weighted by Gasteiger charge is -2.32. The van der Waals surface area contributed by atoms with Crippen LogP contribution in [0.3, 0.4) is 0 Å². The summed E-state index contributed by atoms with van der Waals surface area (Å²) in [6, 6.07) is 0.542. The number of piperidine rings is 1. The van der Waals surface area contributed by atoms with Crippen LogP contribution < -0.4 is 10.6 Å². The van der Waals surface area contributed by atoms with Gasteiger partial charge in [0.2, 0.25) is 0 Å². The van der Waals surface area contributed by atoms with E-state index < -0.39 is 0 Å². The van der Waals surface area contributed by atoms with Gasteiger partial charge in [-0.05, 0) is 51.4 Å². The van der Waals surface area contributed by atoms with Gasteiger partial charge in [0.1, 0.15) is 0 Å². The van der Waals surface area contributed by atoms with Crippen molar-refractivity contribution < 1.29 is 4.74 Å². The Hall–Kier alpha value is -0.390. The highest BCUT2D eigenvalue weighted by Gasteiger charge is 2.18. The van der Waals surface area contributed by atoms with Crippen LogP contribution in [-0.4, -0.2) is 55.4 Å². The molecule has 0 radical (unpaired) electrons. The molecule has 0 bridgehead atoms. The molecule has 0 unspecified atom stereocenters. The highest BCUT2D eigenvalue weighted by atomic mass is 32.1. The summed E-state index contributed by atoms with van der Waals surface area (Å²) in [5.74, 6) is 0. The van der Waals surface area contributed by atoms with Crippen LogP contribution in [0, 0.1) is 0 Å². The molecule has 1 fully saturated rings. The number of ether oxygens (including phenoxy) is 1. The molecule has 0 aromatic heterocycles. The van der Waals surface area contributed by atoms with Gasteiger partial charge in [0.15, 0.2) is 5.11 Å². The lowest BCUT2D eigenvalue weighted by Crippen LogP contribution is -2.48. The minimum atomic E-state index is 0.542. The third-order valence-electron chi connectivity index (χ3n) is 3.42. The molecule has 4 nitrogen and oxygen atoms in total. The van der Waals surface area contributed by atoms with Gasteiger partial charge in [-0.1, -0.05) is 6.92 Å². The maximum Gasteiger partial charge on any atom is 0.166 e. The maximum atomic E-state index is 5.32. The highest BCUT2D eigenvalue weighted by molar-refractivity contribution is 7.80. The second kappa shape index (κ2) is 10.4. The summed E-state index contributed by atoms with van der Waals surface area (Å²) in [5.41, 5.74) is 0. The molecule has 0 spiro atoms. The van der Waals surface area contributed by atoms with E-state index in [0.717, 1.165) is 31.3 Å². The SMILES string of the molecule is CCCN1CCC(NC(=S)NCCCOCC)CC1. The van der Waals surface area contributed by atoms with Gasteiger partial charge in [0.05, 0.1) is 0 Å². The third kappa shape index (κ3) is 7.70. The number of rotatable bonds is 8. The van der Waals surface area contributed by atoms with Gasteiger partial charge in [-0.25, -0.2) is 0 Å². The Morgan fingerprint density at radius 2 is 2.05 bits per heavy atom. The zero-order chi connectivity index (χ0) is 13.9. The summed E-state index contributed by atoms with van der Waals surface area (Å²) in [5, 5.41) is 7.47. The van der Waals surface area contributed by atoms with Crippen LogP contribution >= 0.6 is 12.2 Å². The third-order valence-corrected chi connectivity index (χ3v) is 3.68. The van der Waals surface area contributed by atoms with E-state index in [1.807, 2.05) is 6.92 Å². The molecule has 1 rings (SSSR count). The van der Waals surface area contributed by atoms with Crippen molar-refractivity contribution >= 4 is 17.3 Å². The topological polar surface area (TPSA) is 36.5 Å². The summed E-state index contributed by atoms with van der Waals surface area (Å²) in [6.07, 6.45) is 4.64. The summed E-state index contributed by atoms with van der Waals surface area (Å²) in [7, 11) is 0. The van der Waals surface area contributed by atoms with Crippen molar-refractivity contribution in [2.45, 2.75) is 45.6 Å². The van der Waals surface area contributed by atoms with Crippen molar-refractivity contribution in [1.29, 1.82) is 0 Å². The van der Waals surface area contributed by atoms with Gasteiger partial charge in [0.25, 0.3) is 0 Å². The van der Waals surface area contributed by atoms with Crippen molar-refractivity contribution in [2.75, 3.05) is 39.4 Å². The molecule has 0 saturated carbocycles. The second-order valence-corrected chi connectivity index (χ2v) is 5.47. The Labute approximate surface area is 123 Å². The van der Waals surface area contributed by atoms with Crippen LogP contribution in [0.4, 0.5) is 0 Å². The smallest absolute Gasteiger partial charge is 0.166 e. The van der Waals surface area contributed by atoms with E-state index in [9.17, 15) is 0 Å². The Morgan fingerprint density at radius 1 is 1.32 bits per heavy atom. The van der Waals surface area contributed by atoms with Crippen LogP contribution in [0.2, 0.25) is 0 Å². The summed E-state index contributed by atoms with van der Waals surface area (Å²) in [4.78, 5) is 2.54. The maximum absolute atomic E-state index is 5.32. The number of hydrogen-bond acceptors (Lipinski definition) is 3. The van der Waals surface area contributed by atoms with Crippen molar-refractivity contribution in [1.82, 2.24) is 15.5 Å². The van der Waals surface area contributed by atoms with Gasteiger partial charge in [-0.3, -0.25) is 0 Å². The van der Waals surface area contributed by atoms with Crippen LogP contribution in [-0.2, 0) is 4.74 Å². The molecule has 2 N–H and O–H groups in total. The van der Waals surface area contributed by atoms with Gasteiger partial charge in [-0.2, -0.15) is 0 Å². The second-order valence-electron chi connectivity index (χ2n) is 5.07.